The summed E-state index contributed by atoms with van der Waals surface area (Å²) in [7, 11) is 0. The van der Waals surface area contributed by atoms with Crippen LogP contribution in [0.4, 0.5) is 0 Å². The van der Waals surface area contributed by atoms with Crippen molar-refractivity contribution in [2.45, 2.75) is 244 Å². The van der Waals surface area contributed by atoms with Gasteiger partial charge in [-0.1, -0.05) is 263 Å². The van der Waals surface area contributed by atoms with Crippen molar-refractivity contribution < 1.29 is 15.0 Å². The van der Waals surface area contributed by atoms with Crippen molar-refractivity contribution in [1.82, 2.24) is 5.32 Å². The van der Waals surface area contributed by atoms with Crippen LogP contribution in [0, 0.1) is 0 Å². The lowest BCUT2D eigenvalue weighted by Crippen LogP contribution is -2.45. The van der Waals surface area contributed by atoms with Gasteiger partial charge in [-0.05, 0) is 96.3 Å². The largest absolute Gasteiger partial charge is 0.394 e. The number of amides is 1. The van der Waals surface area contributed by atoms with Gasteiger partial charge in [-0.15, -0.1) is 0 Å². The number of hydrogen-bond donors (Lipinski definition) is 3. The van der Waals surface area contributed by atoms with Crippen molar-refractivity contribution in [3.63, 3.8) is 0 Å². The van der Waals surface area contributed by atoms with Gasteiger partial charge in [0.05, 0.1) is 18.8 Å². The number of carbonyl (C=O) groups excluding carboxylic acids is 1. The summed E-state index contributed by atoms with van der Waals surface area (Å²) >= 11 is 0. The highest BCUT2D eigenvalue weighted by Gasteiger charge is 2.20. The molecule has 4 nitrogen and oxygen atoms in total. The van der Waals surface area contributed by atoms with Gasteiger partial charge >= 0.3 is 0 Å². The van der Waals surface area contributed by atoms with Crippen LogP contribution in [-0.2, 0) is 4.79 Å². The van der Waals surface area contributed by atoms with Crippen LogP contribution in [0.2, 0.25) is 0 Å². The summed E-state index contributed by atoms with van der Waals surface area (Å²) in [4.78, 5) is 12.4. The number of nitrogens with one attached hydrogen (secondary N) is 1. The van der Waals surface area contributed by atoms with Gasteiger partial charge in [-0.2, -0.15) is 0 Å². The van der Waals surface area contributed by atoms with Crippen LogP contribution in [0.3, 0.4) is 0 Å². The van der Waals surface area contributed by atoms with Crippen LogP contribution in [0.5, 0.6) is 0 Å². The Labute approximate surface area is 409 Å². The topological polar surface area (TPSA) is 69.6 Å². The third-order valence-corrected chi connectivity index (χ3v) is 11.7. The molecule has 0 saturated heterocycles. The summed E-state index contributed by atoms with van der Waals surface area (Å²) < 4.78 is 0. The Balaban J connectivity index is 3.64. The predicted octanol–water partition coefficient (Wildman–Crippen LogP) is 18.2. The van der Waals surface area contributed by atoms with Gasteiger partial charge in [0.2, 0.25) is 5.91 Å². The van der Waals surface area contributed by atoms with Gasteiger partial charge in [-0.25, -0.2) is 0 Å². The van der Waals surface area contributed by atoms with E-state index in [4.69, 9.17) is 0 Å². The molecule has 66 heavy (non-hydrogen) atoms. The number of allylic oxidation sites excluding steroid dienone is 22. The molecule has 2 unspecified atom stereocenters. The Kier molecular flexibility index (Phi) is 52.9. The van der Waals surface area contributed by atoms with E-state index in [1.165, 1.54) is 96.3 Å². The fraction of sp³-hybridized carbons (Fsp3) is 0.629. The van der Waals surface area contributed by atoms with Crippen LogP contribution in [0.15, 0.2) is 134 Å². The molecule has 0 radical (unpaired) electrons. The smallest absolute Gasteiger partial charge is 0.220 e. The van der Waals surface area contributed by atoms with Crippen molar-refractivity contribution in [1.29, 1.82) is 0 Å². The zero-order chi connectivity index (χ0) is 47.7. The van der Waals surface area contributed by atoms with E-state index >= 15 is 0 Å². The Morgan fingerprint density at radius 1 is 0.379 bits per heavy atom. The first kappa shape index (κ1) is 62.5. The highest BCUT2D eigenvalue weighted by Crippen LogP contribution is 2.15. The first-order valence-electron chi connectivity index (χ1n) is 27.4. The Bertz CT molecular complexity index is 1350. The maximum absolute atomic E-state index is 12.4. The lowest BCUT2D eigenvalue weighted by atomic mass is 10.0. The molecule has 4 heteroatoms. The zero-order valence-corrected chi connectivity index (χ0v) is 42.9. The van der Waals surface area contributed by atoms with Crippen molar-refractivity contribution in [2.24, 2.45) is 0 Å². The Morgan fingerprint density at radius 2 is 0.667 bits per heavy atom. The molecule has 2 atom stereocenters. The second-order valence-corrected chi connectivity index (χ2v) is 17.9. The van der Waals surface area contributed by atoms with Gasteiger partial charge in [0.25, 0.3) is 0 Å². The minimum Gasteiger partial charge on any atom is -0.394 e. The van der Waals surface area contributed by atoms with E-state index in [0.29, 0.717) is 12.8 Å². The normalized spacial score (nSPS) is 13.9. The van der Waals surface area contributed by atoms with E-state index in [1.54, 1.807) is 0 Å². The molecule has 0 heterocycles. The molecule has 0 spiro atoms. The maximum Gasteiger partial charge on any atom is 0.220 e. The molecule has 0 fully saturated rings. The zero-order valence-electron chi connectivity index (χ0n) is 42.9. The minimum atomic E-state index is -0.672. The lowest BCUT2D eigenvalue weighted by molar-refractivity contribution is -0.123. The van der Waals surface area contributed by atoms with E-state index in [2.05, 4.69) is 153 Å². The van der Waals surface area contributed by atoms with Gasteiger partial charge in [0, 0.05) is 6.42 Å². The number of carbonyl (C=O) groups is 1. The Morgan fingerprint density at radius 3 is 1.00 bits per heavy atom. The quantitative estimate of drug-likeness (QED) is 0.0421. The molecule has 0 rings (SSSR count). The fourth-order valence-electron chi connectivity index (χ4n) is 7.54. The highest BCUT2D eigenvalue weighted by molar-refractivity contribution is 5.76. The van der Waals surface area contributed by atoms with Crippen LogP contribution >= 0.6 is 0 Å². The molecule has 0 aromatic rings. The maximum atomic E-state index is 12.4. The molecule has 1 amide bonds. The molecule has 0 bridgehead atoms. The van der Waals surface area contributed by atoms with Crippen LogP contribution in [0.25, 0.3) is 0 Å². The molecule has 0 saturated carbocycles. The standard InChI is InChI=1S/C62H103NO3/c1-3-5-7-9-11-13-15-17-18-19-20-21-22-23-24-25-26-27-28-29-30-31-32-33-34-35-36-37-38-39-40-41-42-43-44-46-48-50-52-54-56-58-62(66)63-60(59-64)61(65)57-55-53-51-49-47-45-16-14-12-10-8-6-4-2/h5,7,11,13,17-18,20-21,23-24,26-27,29-30,32-33,35-36,38-39,41-42,60-61,64-65H,3-4,6,8-10,12,14-16,19,22,25,28,31,34,37,40,43-59H2,1-2H3,(H,63,66)/b7-5-,13-11-,18-17-,21-20-,24-23-,27-26-,30-29-,33-32-,36-35-,39-38-,42-41-. The van der Waals surface area contributed by atoms with Crippen LogP contribution in [-0.4, -0.2) is 34.9 Å². The molecule has 0 aromatic heterocycles. The van der Waals surface area contributed by atoms with Gasteiger partial charge in [0.1, 0.15) is 0 Å². The molecule has 3 N–H and O–H groups in total. The summed E-state index contributed by atoms with van der Waals surface area (Å²) in [6, 6.07) is -0.551. The highest BCUT2D eigenvalue weighted by atomic mass is 16.3. The average Bonchev–Trinajstić information content (AvgIpc) is 3.32. The van der Waals surface area contributed by atoms with E-state index < -0.39 is 12.1 Å². The summed E-state index contributed by atoms with van der Waals surface area (Å²) in [6.07, 6.45) is 87.1. The number of unbranched alkanes of at least 4 members (excludes halogenated alkanes) is 19. The lowest BCUT2D eigenvalue weighted by Gasteiger charge is -2.22. The minimum absolute atomic E-state index is 0.0484. The molecule has 0 aliphatic rings. The predicted molar refractivity (Wildman–Crippen MR) is 294 cm³/mol. The average molecular weight is 911 g/mol. The summed E-state index contributed by atoms with van der Waals surface area (Å²) in [6.45, 7) is 4.23. The summed E-state index contributed by atoms with van der Waals surface area (Å²) in [5, 5.41) is 23.2. The number of rotatable bonds is 48. The summed E-state index contributed by atoms with van der Waals surface area (Å²) in [5.74, 6) is -0.0484. The first-order chi connectivity index (χ1) is 32.7. The van der Waals surface area contributed by atoms with Gasteiger partial charge < -0.3 is 15.5 Å². The summed E-state index contributed by atoms with van der Waals surface area (Å²) in [5.41, 5.74) is 0. The van der Waals surface area contributed by atoms with Gasteiger partial charge in [-0.3, -0.25) is 4.79 Å². The second kappa shape index (κ2) is 55.9. The monoisotopic (exact) mass is 910 g/mol. The SMILES string of the molecule is CC/C=C\C/C=C\C/C=C\C/C=C\C/C=C\C/C=C\C/C=C\C/C=C\C/C=C\C/C=C\C/C=C\CCCCCCCCCC(=O)NC(CO)C(O)CCCCCCCCCCCCCCC. The van der Waals surface area contributed by atoms with Crippen molar-refractivity contribution in [2.75, 3.05) is 6.61 Å². The fourth-order valence-corrected chi connectivity index (χ4v) is 7.54. The first-order valence-corrected chi connectivity index (χ1v) is 27.4. The number of hydrogen-bond acceptors (Lipinski definition) is 3. The third kappa shape index (κ3) is 51.5. The Hall–Kier alpha value is -3.47. The third-order valence-electron chi connectivity index (χ3n) is 11.7. The number of aliphatic hydroxyl groups is 2. The molecule has 0 aliphatic carbocycles. The number of aliphatic hydroxyl groups excluding tert-OH is 2. The van der Waals surface area contributed by atoms with Gasteiger partial charge in [0.15, 0.2) is 0 Å². The molecular weight excluding hydrogens is 807 g/mol. The second-order valence-electron chi connectivity index (χ2n) is 17.9. The van der Waals surface area contributed by atoms with Crippen LogP contribution < -0.4 is 5.32 Å². The molecule has 0 aromatic carbocycles. The van der Waals surface area contributed by atoms with Crippen molar-refractivity contribution in [3.8, 4) is 0 Å². The van der Waals surface area contributed by atoms with E-state index in [0.717, 1.165) is 109 Å². The molecule has 0 aliphatic heterocycles. The molecular formula is C62H103NO3. The van der Waals surface area contributed by atoms with E-state index in [-0.39, 0.29) is 12.5 Å². The van der Waals surface area contributed by atoms with E-state index in [9.17, 15) is 15.0 Å². The van der Waals surface area contributed by atoms with Crippen LogP contribution in [0.1, 0.15) is 232 Å². The van der Waals surface area contributed by atoms with Crippen molar-refractivity contribution in [3.05, 3.63) is 134 Å². The molecule has 374 valence electrons. The van der Waals surface area contributed by atoms with Crippen molar-refractivity contribution >= 4 is 5.91 Å². The van der Waals surface area contributed by atoms with E-state index in [1.807, 2.05) is 0 Å².